The quantitative estimate of drug-likeness (QED) is 0.169. The average molecular weight is 718 g/mol. The Hall–Kier alpha value is -2.98. The number of nitrogens with one attached hydrogen (secondary N) is 3. The third-order valence-corrected chi connectivity index (χ3v) is 9.88. The van der Waals surface area contributed by atoms with Crippen molar-refractivity contribution in [3.05, 3.63) is 41.0 Å². The topological polar surface area (TPSA) is 161 Å². The zero-order valence-corrected chi connectivity index (χ0v) is 30.9. The number of β-amino-alcohol motifs (C(OH)–C–C–N with tert-alkyl or cyclic N) is 1. The van der Waals surface area contributed by atoms with E-state index in [0.29, 0.717) is 39.1 Å². The van der Waals surface area contributed by atoms with Gasteiger partial charge in [0, 0.05) is 13.0 Å². The highest BCUT2D eigenvalue weighted by Crippen LogP contribution is 2.29. The lowest BCUT2D eigenvalue weighted by atomic mass is 9.85. The zero-order valence-electron chi connectivity index (χ0n) is 30.1. The fourth-order valence-electron chi connectivity index (χ4n) is 6.06. The second kappa shape index (κ2) is 19.6. The Morgan fingerprint density at radius 2 is 1.64 bits per heavy atom. The van der Waals surface area contributed by atoms with Crippen LogP contribution in [0.3, 0.4) is 0 Å². The standard InChI is InChI=1S/C36H55N5O8S/c1-24(26-6-8-27(9-7-26)32-25(2)38-23-50-32)39-34(44)30-20-28(42)21-41(30)35(45)33(36(3,4)5)40-31(43)22-48-17-16-46-14-15-47-18-19-49-29-10-12-37-13-11-29/h6-9,23-24,28-30,33,37,42H,10-22H2,1-5H3,(H,39,44)(H,40,43)/t24?,28-,30+,33?/m1/s1. The SMILES string of the molecule is Cc1ncsc1-c1ccc(C(C)NC(=O)[C@@H]2C[C@@H](O)CN2C(=O)C(NC(=O)COCCOCCOCCOC2CCNCC2)C(C)(C)C)cc1. The molecule has 0 spiro atoms. The van der Waals surface area contributed by atoms with Crippen molar-refractivity contribution in [2.75, 3.05) is 65.9 Å². The highest BCUT2D eigenvalue weighted by molar-refractivity contribution is 7.13. The Morgan fingerprint density at radius 1 is 1.00 bits per heavy atom. The van der Waals surface area contributed by atoms with Gasteiger partial charge in [0.05, 0.1) is 74.0 Å². The molecule has 4 rings (SSSR count). The van der Waals surface area contributed by atoms with Gasteiger partial charge in [0.2, 0.25) is 17.7 Å². The lowest BCUT2D eigenvalue weighted by Gasteiger charge is -2.35. The van der Waals surface area contributed by atoms with Crippen molar-refractivity contribution in [2.45, 2.75) is 84.2 Å². The molecule has 3 amide bonds. The van der Waals surface area contributed by atoms with Crippen LogP contribution in [0.15, 0.2) is 29.8 Å². The van der Waals surface area contributed by atoms with Gasteiger partial charge in [-0.2, -0.15) is 0 Å². The van der Waals surface area contributed by atoms with Crippen molar-refractivity contribution in [3.63, 3.8) is 0 Å². The summed E-state index contributed by atoms with van der Waals surface area (Å²) in [6.07, 6.45) is 1.62. The summed E-state index contributed by atoms with van der Waals surface area (Å²) in [5.74, 6) is -1.24. The molecule has 2 saturated heterocycles. The van der Waals surface area contributed by atoms with E-state index in [0.717, 1.165) is 47.6 Å². The van der Waals surface area contributed by atoms with Gasteiger partial charge in [0.25, 0.3) is 0 Å². The number of aromatic nitrogens is 1. The van der Waals surface area contributed by atoms with Gasteiger partial charge >= 0.3 is 0 Å². The number of piperidine rings is 1. The van der Waals surface area contributed by atoms with E-state index in [1.165, 1.54) is 4.90 Å². The Balaban J connectivity index is 1.18. The van der Waals surface area contributed by atoms with Gasteiger partial charge < -0.3 is 44.9 Å². The summed E-state index contributed by atoms with van der Waals surface area (Å²) < 4.78 is 22.4. The first-order chi connectivity index (χ1) is 23.9. The number of ether oxygens (including phenoxy) is 4. The predicted octanol–water partition coefficient (Wildman–Crippen LogP) is 2.61. The largest absolute Gasteiger partial charge is 0.391 e. The lowest BCUT2D eigenvalue weighted by molar-refractivity contribution is -0.144. The number of nitrogens with zero attached hydrogens (tertiary/aromatic N) is 2. The van der Waals surface area contributed by atoms with Crippen LogP contribution in [0.5, 0.6) is 0 Å². The smallest absolute Gasteiger partial charge is 0.246 e. The molecule has 0 bridgehead atoms. The maximum absolute atomic E-state index is 13.9. The molecular weight excluding hydrogens is 662 g/mol. The number of carbonyl (C=O) groups excluding carboxylic acids is 3. The molecule has 1 aromatic carbocycles. The van der Waals surface area contributed by atoms with Crippen molar-refractivity contribution >= 4 is 29.1 Å². The van der Waals surface area contributed by atoms with Crippen LogP contribution >= 0.6 is 11.3 Å². The first-order valence-electron chi connectivity index (χ1n) is 17.6. The van der Waals surface area contributed by atoms with Crippen LogP contribution in [0.1, 0.15) is 64.3 Å². The molecule has 2 unspecified atom stereocenters. The van der Waals surface area contributed by atoms with Gasteiger partial charge in [-0.15, -0.1) is 11.3 Å². The Bertz CT molecular complexity index is 1360. The summed E-state index contributed by atoms with van der Waals surface area (Å²) in [6, 6.07) is 5.80. The highest BCUT2D eigenvalue weighted by atomic mass is 32.1. The maximum atomic E-state index is 13.9. The number of aliphatic hydroxyl groups is 1. The summed E-state index contributed by atoms with van der Waals surface area (Å²) >= 11 is 1.58. The van der Waals surface area contributed by atoms with E-state index in [1.54, 1.807) is 11.3 Å². The van der Waals surface area contributed by atoms with Crippen LogP contribution < -0.4 is 16.0 Å². The number of amides is 3. The van der Waals surface area contributed by atoms with Gasteiger partial charge in [0.1, 0.15) is 18.7 Å². The van der Waals surface area contributed by atoms with Gasteiger partial charge in [-0.05, 0) is 56.3 Å². The molecule has 13 nitrogen and oxygen atoms in total. The molecule has 2 fully saturated rings. The molecule has 14 heteroatoms. The number of hydrogen-bond acceptors (Lipinski definition) is 11. The minimum absolute atomic E-state index is 0.000537. The van der Waals surface area contributed by atoms with Crippen molar-refractivity contribution in [2.24, 2.45) is 5.41 Å². The lowest BCUT2D eigenvalue weighted by Crippen LogP contribution is -2.58. The fraction of sp³-hybridized carbons (Fsp3) is 0.667. The Labute approximate surface area is 299 Å². The van der Waals surface area contributed by atoms with E-state index in [9.17, 15) is 19.5 Å². The molecule has 0 radical (unpaired) electrons. The molecule has 4 N–H and O–H groups in total. The number of thiazole rings is 1. The average Bonchev–Trinajstić information content (AvgIpc) is 3.71. The van der Waals surface area contributed by atoms with Crippen molar-refractivity contribution in [1.29, 1.82) is 0 Å². The van der Waals surface area contributed by atoms with E-state index >= 15 is 0 Å². The van der Waals surface area contributed by atoms with Crippen LogP contribution in [0.4, 0.5) is 0 Å². The summed E-state index contributed by atoms with van der Waals surface area (Å²) in [5, 5.41) is 19.7. The second-order valence-electron chi connectivity index (χ2n) is 14.0. The van der Waals surface area contributed by atoms with Gasteiger partial charge in [-0.1, -0.05) is 45.0 Å². The number of carbonyl (C=O) groups is 3. The summed E-state index contributed by atoms with van der Waals surface area (Å²) in [4.78, 5) is 47.0. The predicted molar refractivity (Wildman–Crippen MR) is 191 cm³/mol. The minimum atomic E-state index is -0.938. The molecular formula is C36H55N5O8S. The van der Waals surface area contributed by atoms with Crippen molar-refractivity contribution in [1.82, 2.24) is 25.8 Å². The summed E-state index contributed by atoms with van der Waals surface area (Å²) in [7, 11) is 0. The van der Waals surface area contributed by atoms with Crippen LogP contribution in [0.25, 0.3) is 10.4 Å². The molecule has 0 saturated carbocycles. The number of rotatable bonds is 18. The number of aliphatic hydroxyl groups excluding tert-OH is 1. The molecule has 0 aliphatic carbocycles. The zero-order chi connectivity index (χ0) is 36.1. The van der Waals surface area contributed by atoms with Crippen LogP contribution in [0.2, 0.25) is 0 Å². The van der Waals surface area contributed by atoms with E-state index < -0.39 is 35.4 Å². The molecule has 2 aromatic rings. The van der Waals surface area contributed by atoms with E-state index in [1.807, 2.05) is 64.4 Å². The van der Waals surface area contributed by atoms with Crippen LogP contribution in [-0.2, 0) is 33.3 Å². The summed E-state index contributed by atoms with van der Waals surface area (Å²) in [5.41, 5.74) is 4.08. The molecule has 4 atom stereocenters. The number of likely N-dealkylation sites (tertiary alicyclic amines) is 1. The Morgan fingerprint density at radius 3 is 2.26 bits per heavy atom. The monoisotopic (exact) mass is 717 g/mol. The number of hydrogen-bond donors (Lipinski definition) is 4. The normalized spacial score (nSPS) is 19.7. The van der Waals surface area contributed by atoms with E-state index in [4.69, 9.17) is 18.9 Å². The molecule has 1 aromatic heterocycles. The van der Waals surface area contributed by atoms with Crippen molar-refractivity contribution in [3.8, 4) is 10.4 Å². The molecule has 50 heavy (non-hydrogen) atoms. The summed E-state index contributed by atoms with van der Waals surface area (Å²) in [6.45, 7) is 13.5. The van der Waals surface area contributed by atoms with Crippen molar-refractivity contribution < 1.29 is 38.4 Å². The van der Waals surface area contributed by atoms with Gasteiger partial charge in [-0.25, -0.2) is 4.98 Å². The van der Waals surface area contributed by atoms with Crippen LogP contribution in [0, 0.1) is 12.3 Å². The second-order valence-corrected chi connectivity index (χ2v) is 14.8. The van der Waals surface area contributed by atoms with E-state index in [-0.39, 0.29) is 38.1 Å². The minimum Gasteiger partial charge on any atom is -0.391 e. The highest BCUT2D eigenvalue weighted by Gasteiger charge is 2.44. The molecule has 278 valence electrons. The number of aryl methyl sites for hydroxylation is 1. The van der Waals surface area contributed by atoms with Crippen LogP contribution in [-0.4, -0.2) is 123 Å². The molecule has 2 aliphatic heterocycles. The fourth-order valence-corrected chi connectivity index (χ4v) is 6.87. The third-order valence-electron chi connectivity index (χ3n) is 8.90. The first-order valence-corrected chi connectivity index (χ1v) is 18.5. The first kappa shape index (κ1) is 39.8. The Kier molecular flexibility index (Phi) is 15.6. The third kappa shape index (κ3) is 12.1. The van der Waals surface area contributed by atoms with Gasteiger partial charge in [0.15, 0.2) is 0 Å². The maximum Gasteiger partial charge on any atom is 0.246 e. The number of benzene rings is 1. The van der Waals surface area contributed by atoms with E-state index in [2.05, 4.69) is 20.9 Å². The molecule has 3 heterocycles. The molecule has 2 aliphatic rings. The van der Waals surface area contributed by atoms with Gasteiger partial charge in [-0.3, -0.25) is 14.4 Å².